The minimum absolute atomic E-state index is 0.0141. The van der Waals surface area contributed by atoms with Crippen molar-refractivity contribution in [3.63, 3.8) is 0 Å². The van der Waals surface area contributed by atoms with Gasteiger partial charge in [0, 0.05) is 31.8 Å². The van der Waals surface area contributed by atoms with E-state index in [2.05, 4.69) is 17.4 Å². The largest absolute Gasteiger partial charge is 0.459 e. The van der Waals surface area contributed by atoms with E-state index in [-0.39, 0.29) is 31.5 Å². The number of aromatic nitrogens is 1. The number of hydrogen-bond acceptors (Lipinski definition) is 7. The zero-order valence-electron chi connectivity index (χ0n) is 25.5. The van der Waals surface area contributed by atoms with Gasteiger partial charge in [0.15, 0.2) is 0 Å². The van der Waals surface area contributed by atoms with Crippen molar-refractivity contribution in [3.05, 3.63) is 58.7 Å². The van der Waals surface area contributed by atoms with Crippen molar-refractivity contribution in [1.29, 1.82) is 0 Å². The van der Waals surface area contributed by atoms with Crippen molar-refractivity contribution >= 4 is 11.7 Å². The van der Waals surface area contributed by atoms with Gasteiger partial charge >= 0.3 is 5.97 Å². The number of nitrogens with zero attached hydrogens (tertiary/aromatic N) is 2. The zero-order valence-corrected chi connectivity index (χ0v) is 25.5. The molecule has 3 aliphatic heterocycles. The van der Waals surface area contributed by atoms with Gasteiger partial charge in [-0.15, -0.1) is 0 Å². The predicted molar refractivity (Wildman–Crippen MR) is 158 cm³/mol. The molecule has 2 saturated heterocycles. The molecule has 3 unspecified atom stereocenters. The van der Waals surface area contributed by atoms with Crippen LogP contribution in [0.15, 0.2) is 30.3 Å². The Morgan fingerprint density at radius 2 is 2.00 bits per heavy atom. The van der Waals surface area contributed by atoms with Gasteiger partial charge in [0.25, 0.3) is 5.92 Å². The van der Waals surface area contributed by atoms with Gasteiger partial charge in [0.1, 0.15) is 18.0 Å². The first kappa shape index (κ1) is 31.7. The highest BCUT2D eigenvalue weighted by Gasteiger charge is 2.42. The van der Waals surface area contributed by atoms with Crippen LogP contribution in [0.4, 0.5) is 18.9 Å². The molecule has 236 valence electrons. The van der Waals surface area contributed by atoms with E-state index in [1.165, 1.54) is 12.1 Å². The second kappa shape index (κ2) is 13.5. The number of pyridine rings is 1. The molecule has 4 heterocycles. The molecule has 3 aliphatic rings. The molecule has 0 saturated carbocycles. The summed E-state index contributed by atoms with van der Waals surface area (Å²) in [7, 11) is 0. The molecular formula is C33H44F3N3O4. The maximum absolute atomic E-state index is 14.7. The number of unbranched alkanes of at least 4 members (excludes halogenated alkanes) is 1. The Kier molecular flexibility index (Phi) is 9.98. The standard InChI is InChI=1S/C33H44F3N3O4/c1-32(2,3)43-30(40)20-39-17-14-29(41-18-5-4-7-23-10-12-26-27(38-23)8-6-16-37-26)31(39)25-19-22(34)9-11-24(25)28-13-15-33(35,36)21-42-28/h9-12,19,28-29,31,37H,4-8,13-18,20-21H2,1-3H3. The number of carbonyl (C=O) groups is 1. The summed E-state index contributed by atoms with van der Waals surface area (Å²) in [6.45, 7) is 6.84. The highest BCUT2D eigenvalue weighted by molar-refractivity contribution is 5.72. The van der Waals surface area contributed by atoms with Crippen LogP contribution in [-0.2, 0) is 31.8 Å². The number of fused-ring (bicyclic) bond motifs is 1. The van der Waals surface area contributed by atoms with E-state index in [4.69, 9.17) is 19.2 Å². The van der Waals surface area contributed by atoms with Crippen LogP contribution in [0.5, 0.6) is 0 Å². The highest BCUT2D eigenvalue weighted by Crippen LogP contribution is 2.43. The average molecular weight is 604 g/mol. The SMILES string of the molecule is CC(C)(C)OC(=O)CN1CCC(OCCCCc2ccc3c(n2)CCCN3)C1c1cc(F)ccc1C1CCC(F)(F)CO1. The predicted octanol–water partition coefficient (Wildman–Crippen LogP) is 6.56. The molecule has 0 spiro atoms. The third kappa shape index (κ3) is 8.48. The Balaban J connectivity index is 1.27. The molecule has 3 atom stereocenters. The van der Waals surface area contributed by atoms with Gasteiger partial charge < -0.3 is 19.5 Å². The molecule has 0 aliphatic carbocycles. The summed E-state index contributed by atoms with van der Waals surface area (Å²) in [6.07, 6.45) is 4.27. The Hall–Kier alpha value is -2.69. The van der Waals surface area contributed by atoms with Gasteiger partial charge in [-0.3, -0.25) is 14.7 Å². The minimum atomic E-state index is -2.87. The van der Waals surface area contributed by atoms with E-state index in [0.29, 0.717) is 30.7 Å². The summed E-state index contributed by atoms with van der Waals surface area (Å²) >= 11 is 0. The zero-order chi connectivity index (χ0) is 30.6. The molecule has 0 amide bonds. The third-order valence-corrected chi connectivity index (χ3v) is 8.28. The lowest BCUT2D eigenvalue weighted by molar-refractivity contribution is -0.156. The van der Waals surface area contributed by atoms with E-state index >= 15 is 0 Å². The lowest BCUT2D eigenvalue weighted by atomic mass is 9.90. The van der Waals surface area contributed by atoms with E-state index in [9.17, 15) is 18.0 Å². The molecule has 1 aromatic carbocycles. The number of carbonyl (C=O) groups excluding carboxylic acids is 1. The van der Waals surface area contributed by atoms with Crippen LogP contribution in [0, 0.1) is 5.82 Å². The van der Waals surface area contributed by atoms with E-state index in [0.717, 1.165) is 55.7 Å². The number of nitrogens with one attached hydrogen (secondary N) is 1. The van der Waals surface area contributed by atoms with Crippen molar-refractivity contribution in [2.24, 2.45) is 0 Å². The quantitative estimate of drug-likeness (QED) is 0.244. The van der Waals surface area contributed by atoms with Gasteiger partial charge in [-0.1, -0.05) is 6.07 Å². The summed E-state index contributed by atoms with van der Waals surface area (Å²) in [5, 5.41) is 3.39. The van der Waals surface area contributed by atoms with Crippen molar-refractivity contribution < 1.29 is 32.2 Å². The molecule has 1 aromatic heterocycles. The molecule has 43 heavy (non-hydrogen) atoms. The number of halogens is 3. The van der Waals surface area contributed by atoms with Crippen LogP contribution in [0.3, 0.4) is 0 Å². The van der Waals surface area contributed by atoms with Gasteiger partial charge in [-0.25, -0.2) is 13.2 Å². The molecule has 5 rings (SSSR count). The molecule has 2 fully saturated rings. The molecule has 0 radical (unpaired) electrons. The summed E-state index contributed by atoms with van der Waals surface area (Å²) in [5.74, 6) is -3.68. The van der Waals surface area contributed by atoms with Crippen molar-refractivity contribution in [2.75, 3.05) is 38.2 Å². The normalized spacial score (nSPS) is 23.9. The molecule has 2 aromatic rings. The topological polar surface area (TPSA) is 72.9 Å². The lowest BCUT2D eigenvalue weighted by Crippen LogP contribution is -2.37. The second-order valence-electron chi connectivity index (χ2n) is 13.0. The fraction of sp³-hybridized carbons (Fsp3) is 0.636. The summed E-state index contributed by atoms with van der Waals surface area (Å²) in [5.41, 5.74) is 3.98. The average Bonchev–Trinajstić information content (AvgIpc) is 3.33. The molecule has 1 N–H and O–H groups in total. The molecule has 10 heteroatoms. The Morgan fingerprint density at radius 1 is 1.16 bits per heavy atom. The van der Waals surface area contributed by atoms with Crippen LogP contribution in [0.25, 0.3) is 0 Å². The Bertz CT molecular complexity index is 1260. The van der Waals surface area contributed by atoms with Crippen LogP contribution in [0.1, 0.15) is 94.0 Å². The smallest absolute Gasteiger partial charge is 0.320 e. The number of anilines is 1. The van der Waals surface area contributed by atoms with Crippen molar-refractivity contribution in [2.45, 2.75) is 102 Å². The Labute approximate surface area is 252 Å². The monoisotopic (exact) mass is 603 g/mol. The van der Waals surface area contributed by atoms with Crippen molar-refractivity contribution in [3.8, 4) is 0 Å². The van der Waals surface area contributed by atoms with Gasteiger partial charge in [-0.2, -0.15) is 0 Å². The summed E-state index contributed by atoms with van der Waals surface area (Å²) in [6, 6.07) is 8.15. The number of ether oxygens (including phenoxy) is 3. The number of rotatable bonds is 10. The van der Waals surface area contributed by atoms with Crippen LogP contribution >= 0.6 is 0 Å². The lowest BCUT2D eigenvalue weighted by Gasteiger charge is -2.34. The fourth-order valence-corrected chi connectivity index (χ4v) is 6.33. The number of likely N-dealkylation sites (tertiary alicyclic amines) is 1. The van der Waals surface area contributed by atoms with E-state index in [1.807, 2.05) is 25.7 Å². The molecule has 0 bridgehead atoms. The fourth-order valence-electron chi connectivity index (χ4n) is 6.33. The van der Waals surface area contributed by atoms with Crippen LogP contribution in [-0.4, -0.2) is 66.3 Å². The van der Waals surface area contributed by atoms with Gasteiger partial charge in [-0.05, 0) is 101 Å². The first-order valence-electron chi connectivity index (χ1n) is 15.6. The first-order chi connectivity index (χ1) is 20.5. The number of alkyl halides is 2. The number of hydrogen-bond donors (Lipinski definition) is 1. The second-order valence-corrected chi connectivity index (χ2v) is 13.0. The van der Waals surface area contributed by atoms with E-state index in [1.54, 1.807) is 6.07 Å². The summed E-state index contributed by atoms with van der Waals surface area (Å²) in [4.78, 5) is 19.6. The van der Waals surface area contributed by atoms with Gasteiger partial charge in [0.2, 0.25) is 0 Å². The molecular weight excluding hydrogens is 559 g/mol. The maximum atomic E-state index is 14.7. The number of aryl methyl sites for hydroxylation is 2. The number of esters is 1. The van der Waals surface area contributed by atoms with Crippen LogP contribution < -0.4 is 5.32 Å². The van der Waals surface area contributed by atoms with Gasteiger partial charge in [0.05, 0.1) is 36.2 Å². The first-order valence-corrected chi connectivity index (χ1v) is 15.6. The third-order valence-electron chi connectivity index (χ3n) is 8.28. The maximum Gasteiger partial charge on any atom is 0.320 e. The van der Waals surface area contributed by atoms with Crippen molar-refractivity contribution in [1.82, 2.24) is 9.88 Å². The van der Waals surface area contributed by atoms with E-state index < -0.39 is 36.1 Å². The number of benzene rings is 1. The van der Waals surface area contributed by atoms with Crippen LogP contribution in [0.2, 0.25) is 0 Å². The Morgan fingerprint density at radius 3 is 2.77 bits per heavy atom. The molecule has 7 nitrogen and oxygen atoms in total. The summed E-state index contributed by atoms with van der Waals surface area (Å²) < 4.78 is 60.1. The minimum Gasteiger partial charge on any atom is -0.459 e. The highest BCUT2D eigenvalue weighted by atomic mass is 19.3.